The van der Waals surface area contributed by atoms with E-state index in [9.17, 15) is 4.39 Å². The zero-order chi connectivity index (χ0) is 13.0. The number of methoxy groups -OCH3 is 1. The fourth-order valence-corrected chi connectivity index (χ4v) is 1.59. The minimum Gasteiger partial charge on any atom is -0.493 e. The fraction of sp³-hybridized carbons (Fsp3) is 0.214. The molecule has 0 aliphatic rings. The summed E-state index contributed by atoms with van der Waals surface area (Å²) in [5.41, 5.74) is 1.15. The van der Waals surface area contributed by atoms with E-state index in [0.29, 0.717) is 17.2 Å². The SMILES string of the molecule is CCc1ccc(Oc2ccnc(F)c2)c(OC)c1. The second kappa shape index (κ2) is 5.49. The van der Waals surface area contributed by atoms with Gasteiger partial charge in [0.05, 0.1) is 7.11 Å². The van der Waals surface area contributed by atoms with E-state index in [1.54, 1.807) is 13.2 Å². The molecule has 0 saturated carbocycles. The van der Waals surface area contributed by atoms with E-state index in [4.69, 9.17) is 9.47 Å². The van der Waals surface area contributed by atoms with Crippen LogP contribution in [0.1, 0.15) is 12.5 Å². The van der Waals surface area contributed by atoms with Crippen LogP contribution in [0.4, 0.5) is 4.39 Å². The van der Waals surface area contributed by atoms with E-state index >= 15 is 0 Å². The Balaban J connectivity index is 2.28. The topological polar surface area (TPSA) is 31.4 Å². The molecule has 0 saturated heterocycles. The third-order valence-electron chi connectivity index (χ3n) is 2.56. The maximum atomic E-state index is 12.9. The number of halogens is 1. The van der Waals surface area contributed by atoms with Gasteiger partial charge in [0.1, 0.15) is 5.75 Å². The summed E-state index contributed by atoms with van der Waals surface area (Å²) in [5, 5.41) is 0. The zero-order valence-corrected chi connectivity index (χ0v) is 10.3. The molecule has 2 rings (SSSR count). The molecule has 0 unspecified atom stereocenters. The molecular formula is C14H14FNO2. The van der Waals surface area contributed by atoms with E-state index in [2.05, 4.69) is 11.9 Å². The lowest BCUT2D eigenvalue weighted by molar-refractivity contribution is 0.377. The van der Waals surface area contributed by atoms with Crippen LogP contribution in [-0.2, 0) is 6.42 Å². The van der Waals surface area contributed by atoms with Gasteiger partial charge in [-0.3, -0.25) is 0 Å². The summed E-state index contributed by atoms with van der Waals surface area (Å²) in [6.45, 7) is 2.06. The molecule has 4 heteroatoms. The second-order valence-electron chi connectivity index (χ2n) is 3.76. The van der Waals surface area contributed by atoms with Gasteiger partial charge in [0, 0.05) is 12.3 Å². The Bertz CT molecular complexity index is 543. The molecule has 0 radical (unpaired) electrons. The number of pyridine rings is 1. The van der Waals surface area contributed by atoms with Crippen LogP contribution >= 0.6 is 0 Å². The molecular weight excluding hydrogens is 233 g/mol. The normalized spacial score (nSPS) is 10.2. The number of hydrogen-bond acceptors (Lipinski definition) is 3. The minimum atomic E-state index is -0.573. The van der Waals surface area contributed by atoms with Crippen molar-refractivity contribution in [3.63, 3.8) is 0 Å². The third-order valence-corrected chi connectivity index (χ3v) is 2.56. The van der Waals surface area contributed by atoms with Crippen molar-refractivity contribution in [1.82, 2.24) is 4.98 Å². The summed E-state index contributed by atoms with van der Waals surface area (Å²) in [4.78, 5) is 3.47. The molecule has 0 N–H and O–H groups in total. The number of hydrogen-bond donors (Lipinski definition) is 0. The van der Waals surface area contributed by atoms with Gasteiger partial charge < -0.3 is 9.47 Å². The molecule has 94 valence electrons. The average molecular weight is 247 g/mol. The molecule has 1 aromatic heterocycles. The van der Waals surface area contributed by atoms with E-state index in [0.717, 1.165) is 12.0 Å². The van der Waals surface area contributed by atoms with Crippen LogP contribution in [0.15, 0.2) is 36.5 Å². The van der Waals surface area contributed by atoms with Crippen molar-refractivity contribution in [3.8, 4) is 17.2 Å². The van der Waals surface area contributed by atoms with E-state index in [1.165, 1.54) is 12.3 Å². The van der Waals surface area contributed by atoms with Crippen molar-refractivity contribution < 1.29 is 13.9 Å². The summed E-state index contributed by atoms with van der Waals surface area (Å²) in [6, 6.07) is 8.50. The fourth-order valence-electron chi connectivity index (χ4n) is 1.59. The Morgan fingerprint density at radius 2 is 2.00 bits per heavy atom. The van der Waals surface area contributed by atoms with Gasteiger partial charge in [-0.1, -0.05) is 13.0 Å². The molecule has 0 amide bonds. The lowest BCUT2D eigenvalue weighted by Crippen LogP contribution is -1.93. The highest BCUT2D eigenvalue weighted by Crippen LogP contribution is 2.32. The quantitative estimate of drug-likeness (QED) is 0.774. The molecule has 1 heterocycles. The Hall–Kier alpha value is -2.10. The second-order valence-corrected chi connectivity index (χ2v) is 3.76. The third kappa shape index (κ3) is 2.77. The standard InChI is InChI=1S/C14H14FNO2/c1-3-10-4-5-12(13(8-10)17-2)18-11-6-7-16-14(15)9-11/h4-9H,3H2,1-2H3. The summed E-state index contributed by atoms with van der Waals surface area (Å²) in [7, 11) is 1.58. The highest BCUT2D eigenvalue weighted by atomic mass is 19.1. The van der Waals surface area contributed by atoms with Crippen LogP contribution in [0.3, 0.4) is 0 Å². The molecule has 3 nitrogen and oxygen atoms in total. The van der Waals surface area contributed by atoms with Gasteiger partial charge in [-0.15, -0.1) is 0 Å². The summed E-state index contributed by atoms with van der Waals surface area (Å²) >= 11 is 0. The van der Waals surface area contributed by atoms with Crippen molar-refractivity contribution in [1.29, 1.82) is 0 Å². The van der Waals surface area contributed by atoms with Crippen molar-refractivity contribution in [2.24, 2.45) is 0 Å². The van der Waals surface area contributed by atoms with Crippen molar-refractivity contribution in [3.05, 3.63) is 48.0 Å². The molecule has 0 aliphatic carbocycles. The van der Waals surface area contributed by atoms with Gasteiger partial charge in [0.15, 0.2) is 11.5 Å². The van der Waals surface area contributed by atoms with Gasteiger partial charge in [-0.05, 0) is 30.2 Å². The van der Waals surface area contributed by atoms with Gasteiger partial charge in [-0.25, -0.2) is 4.98 Å². The molecule has 0 atom stereocenters. The smallest absolute Gasteiger partial charge is 0.216 e. The number of ether oxygens (including phenoxy) is 2. The van der Waals surface area contributed by atoms with E-state index < -0.39 is 5.95 Å². The molecule has 2 aromatic rings. The summed E-state index contributed by atoms with van der Waals surface area (Å²) in [5.74, 6) is 1.01. The Kier molecular flexibility index (Phi) is 3.77. The number of rotatable bonds is 4. The average Bonchev–Trinajstić information content (AvgIpc) is 2.39. The highest BCUT2D eigenvalue weighted by molar-refractivity contribution is 5.45. The summed E-state index contributed by atoms with van der Waals surface area (Å²) in [6.07, 6.45) is 2.28. The van der Waals surface area contributed by atoms with Crippen LogP contribution in [0.25, 0.3) is 0 Å². The number of aryl methyl sites for hydroxylation is 1. The zero-order valence-electron chi connectivity index (χ0n) is 10.3. The first-order valence-corrected chi connectivity index (χ1v) is 5.69. The van der Waals surface area contributed by atoms with E-state index in [-0.39, 0.29) is 0 Å². The Morgan fingerprint density at radius 3 is 2.67 bits per heavy atom. The lowest BCUT2D eigenvalue weighted by Gasteiger charge is -2.11. The highest BCUT2D eigenvalue weighted by Gasteiger charge is 2.07. The van der Waals surface area contributed by atoms with Gasteiger partial charge in [-0.2, -0.15) is 4.39 Å². The molecule has 0 aliphatic heterocycles. The van der Waals surface area contributed by atoms with Gasteiger partial charge >= 0.3 is 0 Å². The number of nitrogens with zero attached hydrogens (tertiary/aromatic N) is 1. The minimum absolute atomic E-state index is 0.394. The maximum Gasteiger partial charge on any atom is 0.216 e. The summed E-state index contributed by atoms with van der Waals surface area (Å²) < 4.78 is 23.8. The van der Waals surface area contributed by atoms with Crippen LogP contribution in [0.2, 0.25) is 0 Å². The van der Waals surface area contributed by atoms with Gasteiger partial charge in [0.2, 0.25) is 5.95 Å². The predicted octanol–water partition coefficient (Wildman–Crippen LogP) is 3.58. The van der Waals surface area contributed by atoms with Crippen LogP contribution in [-0.4, -0.2) is 12.1 Å². The molecule has 0 bridgehead atoms. The van der Waals surface area contributed by atoms with Gasteiger partial charge in [0.25, 0.3) is 0 Å². The lowest BCUT2D eigenvalue weighted by atomic mass is 10.1. The molecule has 0 fully saturated rings. The van der Waals surface area contributed by atoms with Crippen molar-refractivity contribution in [2.45, 2.75) is 13.3 Å². The van der Waals surface area contributed by atoms with Crippen molar-refractivity contribution in [2.75, 3.05) is 7.11 Å². The van der Waals surface area contributed by atoms with Crippen LogP contribution < -0.4 is 9.47 Å². The first kappa shape index (κ1) is 12.4. The van der Waals surface area contributed by atoms with Crippen molar-refractivity contribution >= 4 is 0 Å². The number of aromatic nitrogens is 1. The molecule has 0 spiro atoms. The first-order valence-electron chi connectivity index (χ1n) is 5.69. The van der Waals surface area contributed by atoms with E-state index in [1.807, 2.05) is 18.2 Å². The number of benzene rings is 1. The van der Waals surface area contributed by atoms with Crippen LogP contribution in [0.5, 0.6) is 17.2 Å². The van der Waals surface area contributed by atoms with Crippen LogP contribution in [0, 0.1) is 5.95 Å². The Labute approximate surface area is 105 Å². The monoisotopic (exact) mass is 247 g/mol. The maximum absolute atomic E-state index is 12.9. The first-order chi connectivity index (χ1) is 8.72. The molecule has 1 aromatic carbocycles. The molecule has 18 heavy (non-hydrogen) atoms. The Morgan fingerprint density at radius 1 is 1.17 bits per heavy atom. The predicted molar refractivity (Wildman–Crippen MR) is 66.6 cm³/mol. The largest absolute Gasteiger partial charge is 0.493 e.